The third-order valence-corrected chi connectivity index (χ3v) is 3.21. The van der Waals surface area contributed by atoms with Crippen LogP contribution in [0.15, 0.2) is 22.8 Å². The van der Waals surface area contributed by atoms with Gasteiger partial charge in [-0.25, -0.2) is 0 Å². The van der Waals surface area contributed by atoms with Gasteiger partial charge in [0.2, 0.25) is 0 Å². The maximum atomic E-state index is 11.8. The van der Waals surface area contributed by atoms with Gasteiger partial charge in [-0.2, -0.15) is 0 Å². The van der Waals surface area contributed by atoms with E-state index in [0.29, 0.717) is 12.0 Å². The molecule has 1 aliphatic carbocycles. The van der Waals surface area contributed by atoms with Crippen molar-refractivity contribution in [3.05, 3.63) is 22.8 Å². The summed E-state index contributed by atoms with van der Waals surface area (Å²) in [6, 6.07) is 0. The highest BCUT2D eigenvalue weighted by Gasteiger charge is 2.37. The number of ketones is 1. The van der Waals surface area contributed by atoms with Gasteiger partial charge in [-0.1, -0.05) is 25.7 Å². The van der Waals surface area contributed by atoms with Crippen LogP contribution in [-0.2, 0) is 4.79 Å². The zero-order chi connectivity index (χ0) is 13.9. The first-order valence-corrected chi connectivity index (χ1v) is 6.03. The predicted molar refractivity (Wildman–Crippen MR) is 70.7 cm³/mol. The molecule has 1 unspecified atom stereocenters. The molecule has 0 aromatic carbocycles. The first-order chi connectivity index (χ1) is 8.29. The van der Waals surface area contributed by atoms with Crippen molar-refractivity contribution >= 4 is 5.78 Å². The van der Waals surface area contributed by atoms with Crippen LogP contribution in [0.1, 0.15) is 34.1 Å². The van der Waals surface area contributed by atoms with E-state index in [4.69, 9.17) is 5.11 Å². The molecule has 98 valence electrons. The standard InChI is InChI=1S/C15H20O3/c1-10(7-8-16)5-6-12-11(2)14(18)13(17)9-15(12,3)4/h7,13,16-17H,8-9H2,1-4H3. The monoisotopic (exact) mass is 248 g/mol. The number of aliphatic hydroxyl groups excluding tert-OH is 2. The molecule has 0 radical (unpaired) electrons. The minimum absolute atomic E-state index is 0.0421. The minimum Gasteiger partial charge on any atom is -0.392 e. The Kier molecular flexibility index (Phi) is 4.50. The summed E-state index contributed by atoms with van der Waals surface area (Å²) in [5, 5.41) is 18.4. The van der Waals surface area contributed by atoms with Crippen LogP contribution in [0.5, 0.6) is 0 Å². The van der Waals surface area contributed by atoms with E-state index in [1.54, 1.807) is 13.0 Å². The molecular formula is C15H20O3. The zero-order valence-electron chi connectivity index (χ0n) is 11.4. The average molecular weight is 248 g/mol. The smallest absolute Gasteiger partial charge is 0.187 e. The van der Waals surface area contributed by atoms with Gasteiger partial charge in [0.1, 0.15) is 6.10 Å². The molecule has 0 bridgehead atoms. The van der Waals surface area contributed by atoms with Gasteiger partial charge in [0, 0.05) is 16.6 Å². The summed E-state index contributed by atoms with van der Waals surface area (Å²) in [4.78, 5) is 11.8. The van der Waals surface area contributed by atoms with Crippen molar-refractivity contribution in [2.45, 2.75) is 40.2 Å². The van der Waals surface area contributed by atoms with Crippen LogP contribution in [0, 0.1) is 17.3 Å². The fourth-order valence-corrected chi connectivity index (χ4v) is 2.17. The third kappa shape index (κ3) is 3.10. The molecule has 0 saturated heterocycles. The van der Waals surface area contributed by atoms with Crippen molar-refractivity contribution in [2.24, 2.45) is 5.41 Å². The van der Waals surface area contributed by atoms with E-state index in [0.717, 1.165) is 11.1 Å². The van der Waals surface area contributed by atoms with E-state index in [1.807, 2.05) is 20.8 Å². The van der Waals surface area contributed by atoms with Crippen molar-refractivity contribution in [1.29, 1.82) is 0 Å². The number of hydrogen-bond acceptors (Lipinski definition) is 3. The number of allylic oxidation sites excluding steroid dienone is 2. The van der Waals surface area contributed by atoms with Gasteiger partial charge < -0.3 is 10.2 Å². The maximum absolute atomic E-state index is 11.8. The Morgan fingerprint density at radius 2 is 2.17 bits per heavy atom. The Labute approximate surface area is 108 Å². The number of hydrogen-bond donors (Lipinski definition) is 2. The minimum atomic E-state index is -0.917. The number of Topliss-reactive ketones (excluding diaryl/α,β-unsaturated/α-hetero) is 1. The summed E-state index contributed by atoms with van der Waals surface area (Å²) in [6.07, 6.45) is 1.10. The molecule has 1 aliphatic rings. The van der Waals surface area contributed by atoms with E-state index < -0.39 is 6.10 Å². The SMILES string of the molecule is CC(C#CC1=C(C)C(=O)C(O)CC1(C)C)=CCO. The van der Waals surface area contributed by atoms with Crippen molar-refractivity contribution < 1.29 is 15.0 Å². The van der Waals surface area contributed by atoms with Crippen LogP contribution in [0.4, 0.5) is 0 Å². The van der Waals surface area contributed by atoms with Crippen LogP contribution in [0.3, 0.4) is 0 Å². The molecule has 0 aromatic heterocycles. The Morgan fingerprint density at radius 3 is 2.72 bits per heavy atom. The van der Waals surface area contributed by atoms with Crippen molar-refractivity contribution in [2.75, 3.05) is 6.61 Å². The van der Waals surface area contributed by atoms with E-state index in [1.165, 1.54) is 0 Å². The summed E-state index contributed by atoms with van der Waals surface area (Å²) in [5.74, 6) is 5.72. The summed E-state index contributed by atoms with van der Waals surface area (Å²) in [7, 11) is 0. The largest absolute Gasteiger partial charge is 0.392 e. The van der Waals surface area contributed by atoms with Crippen molar-refractivity contribution in [3.63, 3.8) is 0 Å². The summed E-state index contributed by atoms with van der Waals surface area (Å²) < 4.78 is 0. The molecule has 3 nitrogen and oxygen atoms in total. The van der Waals surface area contributed by atoms with Gasteiger partial charge in [0.05, 0.1) is 6.61 Å². The highest BCUT2D eigenvalue weighted by atomic mass is 16.3. The van der Waals surface area contributed by atoms with Gasteiger partial charge >= 0.3 is 0 Å². The number of carbonyl (C=O) groups is 1. The Bertz CT molecular complexity index is 470. The fourth-order valence-electron chi connectivity index (χ4n) is 2.17. The highest BCUT2D eigenvalue weighted by Crippen LogP contribution is 2.38. The molecule has 0 aromatic rings. The van der Waals surface area contributed by atoms with Crippen LogP contribution < -0.4 is 0 Å². The van der Waals surface area contributed by atoms with Gasteiger partial charge in [-0.3, -0.25) is 4.79 Å². The molecule has 0 aliphatic heterocycles. The molecule has 1 atom stereocenters. The lowest BCUT2D eigenvalue weighted by Gasteiger charge is -2.33. The van der Waals surface area contributed by atoms with Crippen molar-refractivity contribution in [3.8, 4) is 11.8 Å². The van der Waals surface area contributed by atoms with Crippen LogP contribution >= 0.6 is 0 Å². The number of carbonyl (C=O) groups excluding carboxylic acids is 1. The third-order valence-electron chi connectivity index (χ3n) is 3.21. The van der Waals surface area contributed by atoms with Crippen LogP contribution in [0.2, 0.25) is 0 Å². The molecule has 3 heteroatoms. The second-order valence-corrected chi connectivity index (χ2v) is 5.29. The molecular weight excluding hydrogens is 228 g/mol. The Hall–Kier alpha value is -1.37. The van der Waals surface area contributed by atoms with Gasteiger partial charge in [0.25, 0.3) is 0 Å². The molecule has 1 rings (SSSR count). The molecule has 0 heterocycles. The van der Waals surface area contributed by atoms with E-state index in [2.05, 4.69) is 11.8 Å². The summed E-state index contributed by atoms with van der Waals surface area (Å²) in [6.45, 7) is 7.43. The predicted octanol–water partition coefficient (Wildman–Crippen LogP) is 1.60. The highest BCUT2D eigenvalue weighted by molar-refractivity contribution is 6.00. The van der Waals surface area contributed by atoms with Crippen LogP contribution in [0.25, 0.3) is 0 Å². The average Bonchev–Trinajstić information content (AvgIpc) is 2.25. The quantitative estimate of drug-likeness (QED) is 0.693. The summed E-state index contributed by atoms with van der Waals surface area (Å²) >= 11 is 0. The molecule has 0 spiro atoms. The van der Waals surface area contributed by atoms with E-state index >= 15 is 0 Å². The fraction of sp³-hybridized carbons (Fsp3) is 0.533. The van der Waals surface area contributed by atoms with Crippen molar-refractivity contribution in [1.82, 2.24) is 0 Å². The van der Waals surface area contributed by atoms with Gasteiger partial charge in [-0.05, 0) is 31.9 Å². The molecule has 0 saturated carbocycles. The lowest BCUT2D eigenvalue weighted by molar-refractivity contribution is -0.125. The first kappa shape index (κ1) is 14.7. The topological polar surface area (TPSA) is 57.5 Å². The molecule has 0 fully saturated rings. The molecule has 0 amide bonds. The van der Waals surface area contributed by atoms with Gasteiger partial charge in [-0.15, -0.1) is 0 Å². The second kappa shape index (κ2) is 5.51. The lowest BCUT2D eigenvalue weighted by Crippen LogP contribution is -2.35. The zero-order valence-corrected chi connectivity index (χ0v) is 11.4. The Balaban J connectivity index is 3.19. The lowest BCUT2D eigenvalue weighted by atomic mass is 9.71. The second-order valence-electron chi connectivity index (χ2n) is 5.29. The van der Waals surface area contributed by atoms with Gasteiger partial charge in [0.15, 0.2) is 5.78 Å². The summed E-state index contributed by atoms with van der Waals surface area (Å²) in [5.41, 5.74) is 1.79. The van der Waals surface area contributed by atoms with E-state index in [9.17, 15) is 9.90 Å². The Morgan fingerprint density at radius 1 is 1.56 bits per heavy atom. The first-order valence-electron chi connectivity index (χ1n) is 6.03. The van der Waals surface area contributed by atoms with Crippen LogP contribution in [-0.4, -0.2) is 28.7 Å². The molecule has 18 heavy (non-hydrogen) atoms. The number of rotatable bonds is 1. The molecule has 2 N–H and O–H groups in total. The van der Waals surface area contributed by atoms with E-state index in [-0.39, 0.29) is 17.8 Å². The normalized spacial score (nSPS) is 23.8. The maximum Gasteiger partial charge on any atom is 0.187 e. The number of aliphatic hydroxyl groups is 2.